The average Bonchev–Trinajstić information content (AvgIpc) is 3.06. The van der Waals surface area contributed by atoms with E-state index >= 15 is 0 Å². The van der Waals surface area contributed by atoms with E-state index in [4.69, 9.17) is 0 Å². The van der Waals surface area contributed by atoms with Gasteiger partial charge in [-0.3, -0.25) is 0 Å². The lowest BCUT2D eigenvalue weighted by molar-refractivity contribution is 0.141. The van der Waals surface area contributed by atoms with Crippen LogP contribution in [0.2, 0.25) is 0 Å². The van der Waals surface area contributed by atoms with Crippen LogP contribution in [0.15, 0.2) is 24.3 Å². The number of rotatable bonds is 3. The van der Waals surface area contributed by atoms with E-state index < -0.39 is 12.2 Å². The Hall–Kier alpha value is -2.64. The van der Waals surface area contributed by atoms with Gasteiger partial charge in [-0.25, -0.2) is 18.7 Å². The standard InChI is InChI=1S/C18H20F2N6/c1-10(2)16-23-24-17-11(3)25(8-9-26(16)17)18-12-6-4-5-7-13(12)21-15(22-18)14(19)20/h4-7,10-11,14H,8-9H2,1-3H3. The lowest BCUT2D eigenvalue weighted by Crippen LogP contribution is -2.38. The van der Waals surface area contributed by atoms with Crippen LogP contribution in [0.3, 0.4) is 0 Å². The van der Waals surface area contributed by atoms with E-state index in [1.807, 2.05) is 24.0 Å². The minimum absolute atomic E-state index is 0.118. The third-order valence-corrected chi connectivity index (χ3v) is 4.80. The van der Waals surface area contributed by atoms with Gasteiger partial charge in [0.15, 0.2) is 11.6 Å². The van der Waals surface area contributed by atoms with Gasteiger partial charge < -0.3 is 9.47 Å². The number of hydrogen-bond acceptors (Lipinski definition) is 5. The number of anilines is 1. The lowest BCUT2D eigenvalue weighted by atomic mass is 10.1. The highest BCUT2D eigenvalue weighted by Crippen LogP contribution is 2.34. The first-order valence-corrected chi connectivity index (χ1v) is 8.71. The summed E-state index contributed by atoms with van der Waals surface area (Å²) in [7, 11) is 0. The van der Waals surface area contributed by atoms with E-state index in [1.165, 1.54) is 0 Å². The number of benzene rings is 1. The maximum atomic E-state index is 13.3. The van der Waals surface area contributed by atoms with Crippen LogP contribution in [0.1, 0.15) is 56.6 Å². The molecule has 8 heteroatoms. The Morgan fingerprint density at radius 3 is 2.58 bits per heavy atom. The van der Waals surface area contributed by atoms with Gasteiger partial charge >= 0.3 is 0 Å². The van der Waals surface area contributed by atoms with Crippen molar-refractivity contribution < 1.29 is 8.78 Å². The maximum absolute atomic E-state index is 13.3. The molecular weight excluding hydrogens is 338 g/mol. The molecule has 1 aromatic carbocycles. The Morgan fingerprint density at radius 1 is 1.08 bits per heavy atom. The molecule has 1 aliphatic heterocycles. The molecule has 0 fully saturated rings. The fourth-order valence-electron chi connectivity index (χ4n) is 3.52. The Bertz CT molecular complexity index is 952. The summed E-state index contributed by atoms with van der Waals surface area (Å²) < 4.78 is 28.7. The number of aromatic nitrogens is 5. The summed E-state index contributed by atoms with van der Waals surface area (Å²) in [6.07, 6.45) is -2.71. The van der Waals surface area contributed by atoms with Gasteiger partial charge in [0.2, 0.25) is 0 Å². The largest absolute Gasteiger partial charge is 0.344 e. The highest BCUT2D eigenvalue weighted by atomic mass is 19.3. The molecule has 0 spiro atoms. The van der Waals surface area contributed by atoms with Crippen molar-refractivity contribution in [3.63, 3.8) is 0 Å². The quantitative estimate of drug-likeness (QED) is 0.711. The van der Waals surface area contributed by atoms with Crippen molar-refractivity contribution in [3.8, 4) is 0 Å². The Kier molecular flexibility index (Phi) is 4.05. The third kappa shape index (κ3) is 2.60. The van der Waals surface area contributed by atoms with Crippen molar-refractivity contribution >= 4 is 16.7 Å². The summed E-state index contributed by atoms with van der Waals surface area (Å²) in [5.74, 6) is 2.15. The molecule has 1 aliphatic rings. The molecule has 0 saturated heterocycles. The van der Waals surface area contributed by atoms with Crippen molar-refractivity contribution in [2.45, 2.75) is 45.7 Å². The molecule has 0 bridgehead atoms. The molecule has 26 heavy (non-hydrogen) atoms. The Morgan fingerprint density at radius 2 is 1.85 bits per heavy atom. The normalized spacial score (nSPS) is 17.3. The number of hydrogen-bond donors (Lipinski definition) is 0. The third-order valence-electron chi connectivity index (χ3n) is 4.80. The van der Waals surface area contributed by atoms with Gasteiger partial charge in [-0.1, -0.05) is 26.0 Å². The molecule has 3 heterocycles. The first-order valence-electron chi connectivity index (χ1n) is 8.71. The molecule has 6 nitrogen and oxygen atoms in total. The molecule has 1 unspecified atom stereocenters. The lowest BCUT2D eigenvalue weighted by Gasteiger charge is -2.35. The average molecular weight is 358 g/mol. The summed E-state index contributed by atoms with van der Waals surface area (Å²) in [6, 6.07) is 7.14. The summed E-state index contributed by atoms with van der Waals surface area (Å²) >= 11 is 0. The van der Waals surface area contributed by atoms with Crippen LogP contribution < -0.4 is 4.90 Å². The predicted octanol–water partition coefficient (Wildman–Crippen LogP) is 3.86. The number of para-hydroxylation sites is 1. The van der Waals surface area contributed by atoms with Crippen molar-refractivity contribution in [3.05, 3.63) is 41.7 Å². The van der Waals surface area contributed by atoms with Gasteiger partial charge in [-0.05, 0) is 19.1 Å². The molecule has 136 valence electrons. The smallest absolute Gasteiger partial charge is 0.297 e. The summed E-state index contributed by atoms with van der Waals surface area (Å²) in [6.45, 7) is 7.52. The zero-order valence-electron chi connectivity index (χ0n) is 14.9. The number of halogens is 2. The predicted molar refractivity (Wildman–Crippen MR) is 94.4 cm³/mol. The highest BCUT2D eigenvalue weighted by molar-refractivity contribution is 5.89. The summed E-state index contributed by atoms with van der Waals surface area (Å²) in [4.78, 5) is 10.2. The van der Waals surface area contributed by atoms with Crippen LogP contribution in [-0.2, 0) is 6.54 Å². The van der Waals surface area contributed by atoms with Gasteiger partial charge in [0.25, 0.3) is 6.43 Å². The van der Waals surface area contributed by atoms with Gasteiger partial charge in [-0.2, -0.15) is 0 Å². The van der Waals surface area contributed by atoms with Gasteiger partial charge in [0, 0.05) is 24.4 Å². The van der Waals surface area contributed by atoms with E-state index in [-0.39, 0.29) is 12.0 Å². The van der Waals surface area contributed by atoms with E-state index in [0.29, 0.717) is 24.4 Å². The SMILES string of the molecule is CC(C)c1nnc2n1CCN(c1nc(C(F)F)nc3ccccc13)C2C. The van der Waals surface area contributed by atoms with Crippen molar-refractivity contribution in [1.82, 2.24) is 24.7 Å². The Balaban J connectivity index is 1.83. The van der Waals surface area contributed by atoms with E-state index in [9.17, 15) is 8.78 Å². The van der Waals surface area contributed by atoms with Gasteiger partial charge in [0.05, 0.1) is 11.6 Å². The minimum atomic E-state index is -2.71. The van der Waals surface area contributed by atoms with E-state index in [0.717, 1.165) is 17.0 Å². The van der Waals surface area contributed by atoms with Gasteiger partial charge in [-0.15, -0.1) is 10.2 Å². The Labute approximate surface area is 149 Å². The van der Waals surface area contributed by atoms with E-state index in [2.05, 4.69) is 38.6 Å². The number of nitrogens with zero attached hydrogens (tertiary/aromatic N) is 6. The second-order valence-electron chi connectivity index (χ2n) is 6.82. The zero-order chi connectivity index (χ0) is 18.4. The maximum Gasteiger partial charge on any atom is 0.297 e. The van der Waals surface area contributed by atoms with E-state index in [1.54, 1.807) is 12.1 Å². The van der Waals surface area contributed by atoms with Crippen molar-refractivity contribution in [1.29, 1.82) is 0 Å². The van der Waals surface area contributed by atoms with Crippen molar-refractivity contribution in [2.75, 3.05) is 11.4 Å². The molecule has 1 atom stereocenters. The summed E-state index contributed by atoms with van der Waals surface area (Å²) in [5, 5.41) is 9.43. The molecule has 4 rings (SSSR count). The number of alkyl halides is 2. The van der Waals surface area contributed by atoms with Crippen LogP contribution in [0.25, 0.3) is 10.9 Å². The molecule has 2 aromatic heterocycles. The molecule has 3 aromatic rings. The minimum Gasteiger partial charge on any atom is -0.344 e. The first kappa shape index (κ1) is 16.8. The topological polar surface area (TPSA) is 59.7 Å². The molecular formula is C18H20F2N6. The number of fused-ring (bicyclic) bond motifs is 2. The second kappa shape index (κ2) is 6.26. The summed E-state index contributed by atoms with van der Waals surface area (Å²) in [5.41, 5.74) is 0.523. The molecule has 0 aliphatic carbocycles. The van der Waals surface area contributed by atoms with Crippen LogP contribution >= 0.6 is 0 Å². The second-order valence-corrected chi connectivity index (χ2v) is 6.82. The molecule has 0 saturated carbocycles. The monoisotopic (exact) mass is 358 g/mol. The molecule has 0 radical (unpaired) electrons. The van der Waals surface area contributed by atoms with Crippen LogP contribution in [0.4, 0.5) is 14.6 Å². The van der Waals surface area contributed by atoms with Crippen LogP contribution in [0.5, 0.6) is 0 Å². The van der Waals surface area contributed by atoms with Crippen molar-refractivity contribution in [2.24, 2.45) is 0 Å². The fourth-order valence-corrected chi connectivity index (χ4v) is 3.52. The molecule has 0 N–H and O–H groups in total. The van der Waals surface area contributed by atoms with Crippen LogP contribution in [0, 0.1) is 0 Å². The van der Waals surface area contributed by atoms with Gasteiger partial charge in [0.1, 0.15) is 11.6 Å². The van der Waals surface area contributed by atoms with Crippen LogP contribution in [-0.4, -0.2) is 31.3 Å². The molecule has 0 amide bonds. The fraction of sp³-hybridized carbons (Fsp3) is 0.444. The first-order chi connectivity index (χ1) is 12.5. The highest BCUT2D eigenvalue weighted by Gasteiger charge is 2.31. The zero-order valence-corrected chi connectivity index (χ0v) is 14.9.